The summed E-state index contributed by atoms with van der Waals surface area (Å²) >= 11 is 0. The Morgan fingerprint density at radius 2 is 1.80 bits per heavy atom. The van der Waals surface area contributed by atoms with E-state index in [1.165, 1.54) is 6.07 Å². The Morgan fingerprint density at radius 3 is 2.40 bits per heavy atom. The number of alkyl halides is 3. The van der Waals surface area contributed by atoms with Gasteiger partial charge in [0.1, 0.15) is 11.9 Å². The third kappa shape index (κ3) is 4.87. The molecule has 2 aromatic carbocycles. The van der Waals surface area contributed by atoms with Gasteiger partial charge in [0.15, 0.2) is 0 Å². The van der Waals surface area contributed by atoms with Crippen LogP contribution in [0.5, 0.6) is 5.75 Å². The van der Waals surface area contributed by atoms with Gasteiger partial charge in [-0.3, -0.25) is 4.79 Å². The number of ether oxygens (including phenoxy) is 2. The van der Waals surface area contributed by atoms with Crippen LogP contribution >= 0.6 is 0 Å². The third-order valence-electron chi connectivity index (χ3n) is 7.54. The molecule has 5 rings (SSSR count). The number of benzene rings is 2. The number of carbonyl (C=O) groups is 2. The minimum absolute atomic E-state index is 0.0697. The van der Waals surface area contributed by atoms with Crippen molar-refractivity contribution in [3.05, 3.63) is 53.6 Å². The van der Waals surface area contributed by atoms with Crippen LogP contribution in [-0.2, 0) is 9.53 Å². The van der Waals surface area contributed by atoms with Crippen molar-refractivity contribution in [2.45, 2.75) is 50.5 Å². The number of halogens is 3. The van der Waals surface area contributed by atoms with Gasteiger partial charge < -0.3 is 19.5 Å². The van der Waals surface area contributed by atoms with Crippen LogP contribution in [0.2, 0.25) is 0 Å². The van der Waals surface area contributed by atoms with Gasteiger partial charge in [0, 0.05) is 25.3 Å². The topological polar surface area (TPSA) is 76.1 Å². The van der Waals surface area contributed by atoms with Crippen molar-refractivity contribution in [3.63, 3.8) is 0 Å². The molecule has 3 aliphatic rings. The molecule has 0 aromatic heterocycles. The van der Waals surface area contributed by atoms with E-state index in [-0.39, 0.29) is 28.6 Å². The first kappa shape index (κ1) is 23.7. The summed E-state index contributed by atoms with van der Waals surface area (Å²) in [5.74, 6) is -1.24. The predicted molar refractivity (Wildman–Crippen MR) is 120 cm³/mol. The van der Waals surface area contributed by atoms with E-state index in [4.69, 9.17) is 4.74 Å². The minimum Gasteiger partial charge on any atom is -0.478 e. The van der Waals surface area contributed by atoms with Crippen LogP contribution in [0.25, 0.3) is 11.1 Å². The van der Waals surface area contributed by atoms with Gasteiger partial charge >= 0.3 is 12.3 Å². The fourth-order valence-corrected chi connectivity index (χ4v) is 5.52. The lowest BCUT2D eigenvalue weighted by molar-refractivity contribution is -0.274. The summed E-state index contributed by atoms with van der Waals surface area (Å²) in [6.45, 7) is 2.08. The van der Waals surface area contributed by atoms with E-state index in [9.17, 15) is 27.9 Å². The largest absolute Gasteiger partial charge is 0.573 e. The third-order valence-corrected chi connectivity index (χ3v) is 7.54. The highest BCUT2D eigenvalue weighted by atomic mass is 19.4. The number of aromatic carboxylic acids is 1. The van der Waals surface area contributed by atoms with Crippen molar-refractivity contribution in [3.8, 4) is 16.9 Å². The van der Waals surface area contributed by atoms with Crippen molar-refractivity contribution in [2.75, 3.05) is 19.7 Å². The summed E-state index contributed by atoms with van der Waals surface area (Å²) in [6, 6.07) is 10.5. The molecule has 6 nitrogen and oxygen atoms in total. The average Bonchev–Trinajstić information content (AvgIpc) is 3.24. The van der Waals surface area contributed by atoms with Gasteiger partial charge in [-0.1, -0.05) is 24.3 Å². The van der Waals surface area contributed by atoms with Crippen LogP contribution in [0.1, 0.15) is 53.9 Å². The Hall–Kier alpha value is -3.07. The van der Waals surface area contributed by atoms with Crippen LogP contribution in [0.15, 0.2) is 42.5 Å². The molecule has 1 spiro atoms. The van der Waals surface area contributed by atoms with Crippen molar-refractivity contribution >= 4 is 11.9 Å². The average molecular weight is 489 g/mol. The summed E-state index contributed by atoms with van der Waals surface area (Å²) in [5.41, 5.74) is 1.65. The quantitative estimate of drug-likeness (QED) is 0.623. The summed E-state index contributed by atoms with van der Waals surface area (Å²) in [6.07, 6.45) is -0.607. The Balaban J connectivity index is 1.29. The number of rotatable bonds is 5. The lowest BCUT2D eigenvalue weighted by Gasteiger charge is -2.34. The van der Waals surface area contributed by atoms with Gasteiger partial charge in [-0.15, -0.1) is 13.2 Å². The predicted octanol–water partition coefficient (Wildman–Crippen LogP) is 5.23. The van der Waals surface area contributed by atoms with Crippen LogP contribution in [0.4, 0.5) is 13.2 Å². The first-order chi connectivity index (χ1) is 16.7. The molecule has 2 saturated heterocycles. The second-order valence-corrected chi connectivity index (χ2v) is 9.63. The second kappa shape index (κ2) is 8.86. The molecule has 2 heterocycles. The molecular weight excluding hydrogens is 463 g/mol. The summed E-state index contributed by atoms with van der Waals surface area (Å²) < 4.78 is 48.3. The molecule has 2 aromatic rings. The summed E-state index contributed by atoms with van der Waals surface area (Å²) in [4.78, 5) is 25.9. The summed E-state index contributed by atoms with van der Waals surface area (Å²) in [5, 5.41) is 9.27. The maximum atomic E-state index is 12.9. The first-order valence-corrected chi connectivity index (χ1v) is 11.8. The zero-order valence-electron chi connectivity index (χ0n) is 19.0. The Kier molecular flexibility index (Phi) is 5.99. The molecule has 0 radical (unpaired) electrons. The first-order valence-electron chi connectivity index (χ1n) is 11.8. The van der Waals surface area contributed by atoms with Crippen LogP contribution < -0.4 is 4.74 Å². The molecule has 186 valence electrons. The zero-order valence-corrected chi connectivity index (χ0v) is 19.0. The van der Waals surface area contributed by atoms with E-state index < -0.39 is 18.1 Å². The van der Waals surface area contributed by atoms with Crippen molar-refractivity contribution in [2.24, 2.45) is 5.41 Å². The SMILES string of the molecule is O=C(O)c1ccc(OC(F)(F)F)c(-c2ccc([C@@H]3CC34CCN(C(=O)C3CCCO3)CC4)cc2)c1. The zero-order chi connectivity index (χ0) is 24.8. The van der Waals surface area contributed by atoms with E-state index >= 15 is 0 Å². The van der Waals surface area contributed by atoms with E-state index in [1.807, 2.05) is 17.0 Å². The molecule has 1 N–H and O–H groups in total. The number of likely N-dealkylation sites (tertiary alicyclic amines) is 1. The summed E-state index contributed by atoms with van der Waals surface area (Å²) in [7, 11) is 0. The number of amides is 1. The van der Waals surface area contributed by atoms with E-state index in [0.717, 1.165) is 49.8 Å². The molecular formula is C26H26F3NO5. The molecule has 1 unspecified atom stereocenters. The standard InChI is InChI=1S/C26H26F3NO5/c27-26(28,29)35-21-8-7-18(24(32)33)14-19(21)16-3-5-17(6-4-16)20-15-25(20)9-11-30(12-10-25)23(31)22-2-1-13-34-22/h3-8,14,20,22H,1-2,9-13,15H2,(H,32,33)/t20-,22?/m0/s1. The minimum atomic E-state index is -4.89. The lowest BCUT2D eigenvalue weighted by Crippen LogP contribution is -2.44. The second-order valence-electron chi connectivity index (χ2n) is 9.63. The smallest absolute Gasteiger partial charge is 0.478 e. The maximum Gasteiger partial charge on any atom is 0.573 e. The molecule has 2 atom stereocenters. The molecule has 35 heavy (non-hydrogen) atoms. The van der Waals surface area contributed by atoms with Crippen LogP contribution in [0, 0.1) is 5.41 Å². The van der Waals surface area contributed by atoms with Gasteiger partial charge in [0.05, 0.1) is 5.56 Å². The highest BCUT2D eigenvalue weighted by Gasteiger charge is 2.55. The fourth-order valence-electron chi connectivity index (χ4n) is 5.52. The molecule has 3 fully saturated rings. The van der Waals surface area contributed by atoms with Gasteiger partial charge in [0.25, 0.3) is 5.91 Å². The highest BCUT2D eigenvalue weighted by Crippen LogP contribution is 2.65. The number of carboxylic acid groups (broad SMARTS) is 1. The fraction of sp³-hybridized carbons (Fsp3) is 0.462. The molecule has 0 bridgehead atoms. The van der Waals surface area contributed by atoms with Crippen LogP contribution in [-0.4, -0.2) is 54.0 Å². The number of carbonyl (C=O) groups excluding carboxylic acids is 1. The molecule has 1 amide bonds. The monoisotopic (exact) mass is 489 g/mol. The molecule has 1 aliphatic carbocycles. The Morgan fingerprint density at radius 1 is 1.09 bits per heavy atom. The maximum absolute atomic E-state index is 12.9. The van der Waals surface area contributed by atoms with Gasteiger partial charge in [-0.25, -0.2) is 4.79 Å². The van der Waals surface area contributed by atoms with E-state index in [2.05, 4.69) is 4.74 Å². The van der Waals surface area contributed by atoms with Crippen molar-refractivity contribution < 1.29 is 37.3 Å². The van der Waals surface area contributed by atoms with Gasteiger partial charge in [0.2, 0.25) is 0 Å². The lowest BCUT2D eigenvalue weighted by atomic mass is 9.88. The highest BCUT2D eigenvalue weighted by molar-refractivity contribution is 5.90. The number of carboxylic acids is 1. The molecule has 1 saturated carbocycles. The number of hydrogen-bond acceptors (Lipinski definition) is 4. The van der Waals surface area contributed by atoms with Gasteiger partial charge in [-0.2, -0.15) is 0 Å². The number of piperidine rings is 1. The normalized spacial score (nSPS) is 23.3. The van der Waals surface area contributed by atoms with E-state index in [0.29, 0.717) is 31.2 Å². The van der Waals surface area contributed by atoms with Crippen molar-refractivity contribution in [1.82, 2.24) is 4.90 Å². The van der Waals surface area contributed by atoms with Crippen molar-refractivity contribution in [1.29, 1.82) is 0 Å². The molecule has 2 aliphatic heterocycles. The van der Waals surface area contributed by atoms with E-state index in [1.54, 1.807) is 12.1 Å². The van der Waals surface area contributed by atoms with Crippen LogP contribution in [0.3, 0.4) is 0 Å². The molecule has 9 heteroatoms. The Labute approximate surface area is 200 Å². The number of nitrogens with zero attached hydrogens (tertiary/aromatic N) is 1. The number of hydrogen-bond donors (Lipinski definition) is 1. The Bertz CT molecular complexity index is 1120. The van der Waals surface area contributed by atoms with Gasteiger partial charge in [-0.05, 0) is 72.8 Å².